The molecule has 1 atom stereocenters. The molecule has 0 aliphatic rings. The Morgan fingerprint density at radius 2 is 1.82 bits per heavy atom. The van der Waals surface area contributed by atoms with Crippen LogP contribution < -0.4 is 0 Å². The van der Waals surface area contributed by atoms with Crippen molar-refractivity contribution in [2.24, 2.45) is 0 Å². The summed E-state index contributed by atoms with van der Waals surface area (Å²) < 4.78 is 22.7. The molecular weight excluding hydrogens is 236 g/mol. The van der Waals surface area contributed by atoms with Crippen molar-refractivity contribution in [3.63, 3.8) is 0 Å². The highest BCUT2D eigenvalue weighted by molar-refractivity contribution is 7.91. The third-order valence-electron chi connectivity index (χ3n) is 2.95. The zero-order valence-electron chi connectivity index (χ0n) is 10.4. The SMILES string of the molecule is CCS(=O)(=O)CCCC(C)(O)c1ccccc1. The van der Waals surface area contributed by atoms with Gasteiger partial charge in [0.25, 0.3) is 0 Å². The molecule has 0 amide bonds. The minimum absolute atomic E-state index is 0.145. The van der Waals surface area contributed by atoms with Crippen molar-refractivity contribution in [3.8, 4) is 0 Å². The van der Waals surface area contributed by atoms with Crippen LogP contribution >= 0.6 is 0 Å². The van der Waals surface area contributed by atoms with E-state index in [0.29, 0.717) is 12.8 Å². The van der Waals surface area contributed by atoms with Gasteiger partial charge in [0.05, 0.1) is 11.4 Å². The maximum atomic E-state index is 11.3. The fraction of sp³-hybridized carbons (Fsp3) is 0.538. The maximum Gasteiger partial charge on any atom is 0.150 e. The monoisotopic (exact) mass is 256 g/mol. The highest BCUT2D eigenvalue weighted by Crippen LogP contribution is 2.25. The van der Waals surface area contributed by atoms with Crippen LogP contribution in [0.2, 0.25) is 0 Å². The van der Waals surface area contributed by atoms with Gasteiger partial charge in [-0.1, -0.05) is 37.3 Å². The van der Waals surface area contributed by atoms with Crippen LogP contribution in [-0.4, -0.2) is 25.0 Å². The normalized spacial score (nSPS) is 15.5. The summed E-state index contributed by atoms with van der Waals surface area (Å²) >= 11 is 0. The molecule has 96 valence electrons. The Balaban J connectivity index is 2.57. The molecule has 0 heterocycles. The molecule has 3 nitrogen and oxygen atoms in total. The van der Waals surface area contributed by atoms with Gasteiger partial charge in [-0.25, -0.2) is 8.42 Å². The van der Waals surface area contributed by atoms with Gasteiger partial charge in [-0.15, -0.1) is 0 Å². The number of sulfone groups is 1. The van der Waals surface area contributed by atoms with E-state index in [1.165, 1.54) is 0 Å². The first-order valence-electron chi connectivity index (χ1n) is 5.86. The summed E-state index contributed by atoms with van der Waals surface area (Å²) in [6, 6.07) is 9.34. The molecule has 0 saturated heterocycles. The van der Waals surface area contributed by atoms with E-state index in [2.05, 4.69) is 0 Å². The Morgan fingerprint density at radius 3 is 2.35 bits per heavy atom. The Morgan fingerprint density at radius 1 is 1.24 bits per heavy atom. The smallest absolute Gasteiger partial charge is 0.150 e. The minimum Gasteiger partial charge on any atom is -0.385 e. The zero-order chi connectivity index (χ0) is 12.9. The molecule has 4 heteroatoms. The fourth-order valence-electron chi connectivity index (χ4n) is 1.72. The van der Waals surface area contributed by atoms with Gasteiger partial charge < -0.3 is 5.11 Å². The second-order valence-corrected chi connectivity index (χ2v) is 6.95. The van der Waals surface area contributed by atoms with Gasteiger partial charge in [-0.05, 0) is 25.3 Å². The molecule has 1 unspecified atom stereocenters. The second kappa shape index (κ2) is 5.65. The van der Waals surface area contributed by atoms with Gasteiger partial charge >= 0.3 is 0 Å². The Labute approximate surface area is 103 Å². The summed E-state index contributed by atoms with van der Waals surface area (Å²) in [4.78, 5) is 0. The summed E-state index contributed by atoms with van der Waals surface area (Å²) in [6.07, 6.45) is 0.939. The molecule has 1 rings (SSSR count). The van der Waals surface area contributed by atoms with Crippen LogP contribution in [0.25, 0.3) is 0 Å². The zero-order valence-corrected chi connectivity index (χ0v) is 11.2. The quantitative estimate of drug-likeness (QED) is 0.848. The Hall–Kier alpha value is -0.870. The minimum atomic E-state index is -2.94. The van der Waals surface area contributed by atoms with Gasteiger partial charge in [0.15, 0.2) is 0 Å². The van der Waals surface area contributed by atoms with Crippen molar-refractivity contribution in [3.05, 3.63) is 35.9 Å². The molecular formula is C13H20O3S. The number of hydrogen-bond donors (Lipinski definition) is 1. The Bertz CT molecular complexity index is 435. The van der Waals surface area contributed by atoms with Crippen LogP contribution in [0, 0.1) is 0 Å². The molecule has 0 aromatic heterocycles. The second-order valence-electron chi connectivity index (χ2n) is 4.48. The molecule has 0 spiro atoms. The molecule has 1 N–H and O–H groups in total. The molecule has 1 aromatic carbocycles. The predicted molar refractivity (Wildman–Crippen MR) is 69.6 cm³/mol. The highest BCUT2D eigenvalue weighted by atomic mass is 32.2. The van der Waals surface area contributed by atoms with Gasteiger partial charge in [0.1, 0.15) is 9.84 Å². The number of rotatable bonds is 6. The van der Waals surface area contributed by atoms with Crippen LogP contribution in [0.1, 0.15) is 32.3 Å². The van der Waals surface area contributed by atoms with Crippen LogP contribution in [0.5, 0.6) is 0 Å². The van der Waals surface area contributed by atoms with E-state index < -0.39 is 15.4 Å². The lowest BCUT2D eigenvalue weighted by Crippen LogP contribution is -2.22. The van der Waals surface area contributed by atoms with Gasteiger partial charge in [-0.3, -0.25) is 0 Å². The van der Waals surface area contributed by atoms with Crippen LogP contribution in [0.15, 0.2) is 30.3 Å². The van der Waals surface area contributed by atoms with Gasteiger partial charge in [-0.2, -0.15) is 0 Å². The van der Waals surface area contributed by atoms with Crippen molar-refractivity contribution >= 4 is 9.84 Å². The fourth-order valence-corrected chi connectivity index (χ4v) is 2.60. The average Bonchev–Trinajstić information content (AvgIpc) is 2.30. The van der Waals surface area contributed by atoms with E-state index in [-0.39, 0.29) is 11.5 Å². The van der Waals surface area contributed by atoms with E-state index in [4.69, 9.17) is 0 Å². The van der Waals surface area contributed by atoms with Crippen molar-refractivity contribution < 1.29 is 13.5 Å². The molecule has 0 radical (unpaired) electrons. The standard InChI is InChI=1S/C13H20O3S/c1-3-17(15,16)11-7-10-13(2,14)12-8-5-4-6-9-12/h4-6,8-9,14H,3,7,10-11H2,1-2H3. The molecule has 0 fully saturated rings. The first kappa shape index (κ1) is 14.2. The summed E-state index contributed by atoms with van der Waals surface area (Å²) in [6.45, 7) is 3.37. The van der Waals surface area contributed by atoms with Crippen molar-refractivity contribution in [1.29, 1.82) is 0 Å². The number of benzene rings is 1. The van der Waals surface area contributed by atoms with Gasteiger partial charge in [0.2, 0.25) is 0 Å². The average molecular weight is 256 g/mol. The highest BCUT2D eigenvalue weighted by Gasteiger charge is 2.23. The van der Waals surface area contributed by atoms with E-state index in [0.717, 1.165) is 5.56 Å². The maximum absolute atomic E-state index is 11.3. The summed E-state index contributed by atoms with van der Waals surface area (Å²) in [5.41, 5.74) is -0.126. The molecule has 17 heavy (non-hydrogen) atoms. The van der Waals surface area contributed by atoms with E-state index in [9.17, 15) is 13.5 Å². The Kier molecular flexibility index (Phi) is 4.71. The third kappa shape index (κ3) is 4.48. The summed E-state index contributed by atoms with van der Waals surface area (Å²) in [5, 5.41) is 10.3. The van der Waals surface area contributed by atoms with E-state index >= 15 is 0 Å². The number of aliphatic hydroxyl groups is 1. The third-order valence-corrected chi connectivity index (χ3v) is 4.74. The van der Waals surface area contributed by atoms with Crippen LogP contribution in [-0.2, 0) is 15.4 Å². The molecule has 0 bridgehead atoms. The van der Waals surface area contributed by atoms with E-state index in [1.807, 2.05) is 30.3 Å². The topological polar surface area (TPSA) is 54.4 Å². The molecule has 0 saturated carbocycles. The summed E-state index contributed by atoms with van der Waals surface area (Å²) in [5.74, 6) is 0.312. The lowest BCUT2D eigenvalue weighted by molar-refractivity contribution is 0.0472. The molecule has 1 aromatic rings. The number of hydrogen-bond acceptors (Lipinski definition) is 3. The predicted octanol–water partition coefficient (Wildman–Crippen LogP) is 2.11. The van der Waals surface area contributed by atoms with Crippen molar-refractivity contribution in [2.75, 3.05) is 11.5 Å². The van der Waals surface area contributed by atoms with Crippen LogP contribution in [0.4, 0.5) is 0 Å². The van der Waals surface area contributed by atoms with Crippen LogP contribution in [0.3, 0.4) is 0 Å². The largest absolute Gasteiger partial charge is 0.385 e. The first-order valence-corrected chi connectivity index (χ1v) is 7.68. The van der Waals surface area contributed by atoms with Gasteiger partial charge in [0, 0.05) is 5.75 Å². The molecule has 0 aliphatic carbocycles. The molecule has 0 aliphatic heterocycles. The van der Waals surface area contributed by atoms with Crippen molar-refractivity contribution in [2.45, 2.75) is 32.3 Å². The van der Waals surface area contributed by atoms with E-state index in [1.54, 1.807) is 13.8 Å². The lowest BCUT2D eigenvalue weighted by atomic mass is 9.92. The first-order chi connectivity index (χ1) is 7.87. The van der Waals surface area contributed by atoms with Crippen molar-refractivity contribution in [1.82, 2.24) is 0 Å². The summed E-state index contributed by atoms with van der Waals surface area (Å²) in [7, 11) is -2.94. The lowest BCUT2D eigenvalue weighted by Gasteiger charge is -2.23.